The van der Waals surface area contributed by atoms with Crippen molar-refractivity contribution in [3.8, 4) is 0 Å². The molecule has 2 atom stereocenters. The Balaban J connectivity index is 2.67. The largest absolute Gasteiger partial charge is 0.392 e. The summed E-state index contributed by atoms with van der Waals surface area (Å²) in [5, 5.41) is 11.9. The van der Waals surface area contributed by atoms with E-state index < -0.39 is 12.1 Å². The topological polar surface area (TPSA) is 75.3 Å². The third-order valence-corrected chi connectivity index (χ3v) is 3.65. The number of carbonyl (C=O) groups excluding carboxylic acids is 1. The number of aliphatic hydroxyl groups is 1. The number of halogens is 2. The summed E-state index contributed by atoms with van der Waals surface area (Å²) in [4.78, 5) is 11.9. The van der Waals surface area contributed by atoms with Crippen LogP contribution < -0.4 is 11.1 Å². The van der Waals surface area contributed by atoms with Crippen molar-refractivity contribution in [1.82, 2.24) is 5.32 Å². The highest BCUT2D eigenvalue weighted by molar-refractivity contribution is 14.1. The molecule has 1 aromatic rings. The van der Waals surface area contributed by atoms with Crippen molar-refractivity contribution < 1.29 is 9.90 Å². The van der Waals surface area contributed by atoms with Crippen LogP contribution in [0.3, 0.4) is 0 Å². The monoisotopic (exact) mass is 412 g/mol. The Morgan fingerprint density at radius 3 is 2.88 bits per heavy atom. The first-order valence-corrected chi connectivity index (χ1v) is 6.96. The van der Waals surface area contributed by atoms with E-state index in [9.17, 15) is 9.90 Å². The van der Waals surface area contributed by atoms with E-state index in [4.69, 9.17) is 5.73 Å². The number of benzene rings is 1. The minimum atomic E-state index is -0.644. The number of hydrogen-bond donors (Lipinski definition) is 3. The van der Waals surface area contributed by atoms with Gasteiger partial charge < -0.3 is 16.2 Å². The minimum Gasteiger partial charge on any atom is -0.392 e. The molecule has 0 heterocycles. The predicted octanol–water partition coefficient (Wildman–Crippen LogP) is 1.49. The van der Waals surface area contributed by atoms with Gasteiger partial charge in [0, 0.05) is 20.6 Å². The molecule has 4 N–H and O–H groups in total. The summed E-state index contributed by atoms with van der Waals surface area (Å²) >= 11 is 5.46. The van der Waals surface area contributed by atoms with Crippen molar-refractivity contribution in [2.24, 2.45) is 5.73 Å². The van der Waals surface area contributed by atoms with Crippen molar-refractivity contribution >= 4 is 44.4 Å². The standard InChI is InChI=1S/C11H14BrIN2O2/c1-6(16)10(14)5-15-11(17)8-4-7(13)2-3-9(8)12/h2-4,6,10,16H,5,14H2,1H3,(H,15,17). The molecule has 17 heavy (non-hydrogen) atoms. The Morgan fingerprint density at radius 2 is 2.29 bits per heavy atom. The van der Waals surface area contributed by atoms with E-state index >= 15 is 0 Å². The first-order valence-electron chi connectivity index (χ1n) is 5.08. The summed E-state index contributed by atoms with van der Waals surface area (Å²) in [5.41, 5.74) is 6.20. The van der Waals surface area contributed by atoms with Gasteiger partial charge in [-0.1, -0.05) is 0 Å². The lowest BCUT2D eigenvalue weighted by Crippen LogP contribution is -2.43. The smallest absolute Gasteiger partial charge is 0.252 e. The highest BCUT2D eigenvalue weighted by Crippen LogP contribution is 2.19. The molecule has 1 aromatic carbocycles. The number of carbonyl (C=O) groups is 1. The first kappa shape index (κ1) is 14.9. The lowest BCUT2D eigenvalue weighted by molar-refractivity contribution is 0.0937. The summed E-state index contributed by atoms with van der Waals surface area (Å²) < 4.78 is 1.72. The number of hydrogen-bond acceptors (Lipinski definition) is 3. The van der Waals surface area contributed by atoms with Crippen molar-refractivity contribution in [1.29, 1.82) is 0 Å². The molecule has 0 saturated carbocycles. The molecule has 0 fully saturated rings. The molecule has 0 spiro atoms. The fourth-order valence-electron chi connectivity index (χ4n) is 1.15. The van der Waals surface area contributed by atoms with Crippen molar-refractivity contribution in [3.05, 3.63) is 31.8 Å². The van der Waals surface area contributed by atoms with E-state index in [2.05, 4.69) is 43.8 Å². The van der Waals surface area contributed by atoms with Gasteiger partial charge >= 0.3 is 0 Å². The summed E-state index contributed by atoms with van der Waals surface area (Å²) in [6.45, 7) is 1.84. The minimum absolute atomic E-state index is 0.202. The Kier molecular flexibility index (Phi) is 5.84. The van der Waals surface area contributed by atoms with Gasteiger partial charge in [-0.15, -0.1) is 0 Å². The number of nitrogens with two attached hydrogens (primary N) is 1. The number of nitrogens with one attached hydrogen (secondary N) is 1. The lowest BCUT2D eigenvalue weighted by Gasteiger charge is -2.15. The molecular weight excluding hydrogens is 399 g/mol. The molecule has 4 nitrogen and oxygen atoms in total. The molecule has 6 heteroatoms. The van der Waals surface area contributed by atoms with Gasteiger partial charge in [0.25, 0.3) is 5.91 Å². The number of amides is 1. The van der Waals surface area contributed by atoms with Crippen molar-refractivity contribution in [2.45, 2.75) is 19.1 Å². The van der Waals surface area contributed by atoms with Crippen LogP contribution in [0.4, 0.5) is 0 Å². The van der Waals surface area contributed by atoms with Gasteiger partial charge in [-0.25, -0.2) is 0 Å². The molecule has 0 saturated heterocycles. The Bertz CT molecular complexity index is 412. The van der Waals surface area contributed by atoms with Gasteiger partial charge in [0.2, 0.25) is 0 Å². The SMILES string of the molecule is CC(O)C(N)CNC(=O)c1cc(I)ccc1Br. The molecule has 1 amide bonds. The summed E-state index contributed by atoms with van der Waals surface area (Å²) in [6.07, 6.45) is -0.644. The Labute approximate surface area is 122 Å². The quantitative estimate of drug-likeness (QED) is 0.656. The maximum Gasteiger partial charge on any atom is 0.252 e. The molecule has 0 aliphatic heterocycles. The third kappa shape index (κ3) is 4.53. The molecule has 0 bridgehead atoms. The number of aliphatic hydroxyl groups excluding tert-OH is 1. The van der Waals surface area contributed by atoms with Crippen LogP contribution in [0, 0.1) is 3.57 Å². The van der Waals surface area contributed by atoms with E-state index in [-0.39, 0.29) is 12.5 Å². The molecular formula is C11H14BrIN2O2. The summed E-state index contributed by atoms with van der Waals surface area (Å²) in [7, 11) is 0. The van der Waals surface area contributed by atoms with Gasteiger partial charge in [0.1, 0.15) is 0 Å². The Hall–Kier alpha value is -0.180. The average molecular weight is 413 g/mol. The Morgan fingerprint density at radius 1 is 1.65 bits per heavy atom. The van der Waals surface area contributed by atoms with Crippen LogP contribution in [-0.2, 0) is 0 Å². The zero-order valence-corrected chi connectivity index (χ0v) is 13.0. The number of rotatable bonds is 4. The van der Waals surface area contributed by atoms with Crippen LogP contribution in [0.15, 0.2) is 22.7 Å². The lowest BCUT2D eigenvalue weighted by atomic mass is 10.2. The molecule has 94 valence electrons. The zero-order chi connectivity index (χ0) is 13.0. The fourth-order valence-corrected chi connectivity index (χ4v) is 2.07. The van der Waals surface area contributed by atoms with Crippen LogP contribution in [0.1, 0.15) is 17.3 Å². The van der Waals surface area contributed by atoms with E-state index in [0.717, 1.165) is 8.04 Å². The van der Waals surface area contributed by atoms with Crippen molar-refractivity contribution in [2.75, 3.05) is 6.54 Å². The second-order valence-electron chi connectivity index (χ2n) is 3.74. The van der Waals surface area contributed by atoms with Crippen LogP contribution in [0.2, 0.25) is 0 Å². The highest BCUT2D eigenvalue weighted by atomic mass is 127. The van der Waals surface area contributed by atoms with Crippen LogP contribution in [0.5, 0.6) is 0 Å². The van der Waals surface area contributed by atoms with Crippen molar-refractivity contribution in [3.63, 3.8) is 0 Å². The van der Waals surface area contributed by atoms with Gasteiger partial charge in [-0.2, -0.15) is 0 Å². The van der Waals surface area contributed by atoms with Crippen LogP contribution >= 0.6 is 38.5 Å². The fraction of sp³-hybridized carbons (Fsp3) is 0.364. The average Bonchev–Trinajstić information content (AvgIpc) is 2.28. The van der Waals surface area contributed by atoms with Gasteiger partial charge in [0.05, 0.1) is 11.7 Å². The first-order chi connectivity index (χ1) is 7.91. The van der Waals surface area contributed by atoms with E-state index in [0.29, 0.717) is 5.56 Å². The molecule has 0 aliphatic rings. The second-order valence-corrected chi connectivity index (χ2v) is 5.84. The highest BCUT2D eigenvalue weighted by Gasteiger charge is 2.14. The third-order valence-electron chi connectivity index (χ3n) is 2.29. The predicted molar refractivity (Wildman–Crippen MR) is 78.8 cm³/mol. The van der Waals surface area contributed by atoms with E-state index in [1.807, 2.05) is 12.1 Å². The maximum atomic E-state index is 11.9. The second kappa shape index (κ2) is 6.67. The maximum absolute atomic E-state index is 11.9. The summed E-state index contributed by atoms with van der Waals surface area (Å²) in [5.74, 6) is -0.202. The van der Waals surface area contributed by atoms with Gasteiger partial charge in [0.15, 0.2) is 0 Å². The zero-order valence-electron chi connectivity index (χ0n) is 9.28. The molecule has 2 unspecified atom stereocenters. The van der Waals surface area contributed by atoms with E-state index in [1.54, 1.807) is 13.0 Å². The van der Waals surface area contributed by atoms with Crippen LogP contribution in [0.25, 0.3) is 0 Å². The van der Waals surface area contributed by atoms with Gasteiger partial charge in [-0.05, 0) is 63.6 Å². The summed E-state index contributed by atoms with van der Waals surface area (Å²) in [6, 6.07) is 5.06. The van der Waals surface area contributed by atoms with Gasteiger partial charge in [-0.3, -0.25) is 4.79 Å². The molecule has 0 radical (unpaired) electrons. The van der Waals surface area contributed by atoms with Crippen LogP contribution in [-0.4, -0.2) is 29.7 Å². The molecule has 0 aliphatic carbocycles. The molecule has 1 rings (SSSR count). The van der Waals surface area contributed by atoms with E-state index in [1.165, 1.54) is 0 Å². The molecule has 0 aromatic heterocycles. The normalized spacial score (nSPS) is 14.2.